The lowest BCUT2D eigenvalue weighted by molar-refractivity contribution is 0.102. The normalized spacial score (nSPS) is 11.2. The summed E-state index contributed by atoms with van der Waals surface area (Å²) in [5.74, 6) is 0.756. The second-order valence-corrected chi connectivity index (χ2v) is 7.74. The number of nitrogens with one attached hydrogen (secondary N) is 1. The Balaban J connectivity index is 1.53. The van der Waals surface area contributed by atoms with Gasteiger partial charge in [-0.05, 0) is 75.5 Å². The van der Waals surface area contributed by atoms with Crippen LogP contribution < -0.4 is 5.32 Å². The van der Waals surface area contributed by atoms with Crippen molar-refractivity contribution in [2.45, 2.75) is 13.3 Å². The summed E-state index contributed by atoms with van der Waals surface area (Å²) >= 11 is 0. The summed E-state index contributed by atoms with van der Waals surface area (Å²) in [4.78, 5) is 19.6. The lowest BCUT2D eigenvalue weighted by Crippen LogP contribution is -2.15. The molecule has 0 atom stereocenters. The largest absolute Gasteiger partial charge is 0.322 e. The summed E-state index contributed by atoms with van der Waals surface area (Å²) < 4.78 is 2.10. The molecule has 4 rings (SSSR count). The van der Waals surface area contributed by atoms with E-state index in [-0.39, 0.29) is 5.91 Å². The van der Waals surface area contributed by atoms with Crippen LogP contribution in [0.25, 0.3) is 16.7 Å². The van der Waals surface area contributed by atoms with Gasteiger partial charge in [0.05, 0.1) is 11.0 Å². The minimum atomic E-state index is -0.134. The molecule has 0 aliphatic heterocycles. The Morgan fingerprint density at radius 3 is 2.43 bits per heavy atom. The lowest BCUT2D eigenvalue weighted by Gasteiger charge is -2.10. The van der Waals surface area contributed by atoms with E-state index in [1.807, 2.05) is 55.5 Å². The van der Waals surface area contributed by atoms with Crippen molar-refractivity contribution in [2.24, 2.45) is 0 Å². The van der Waals surface area contributed by atoms with Gasteiger partial charge in [0, 0.05) is 23.5 Å². The maximum absolute atomic E-state index is 12.8. The number of imidazole rings is 1. The predicted octanol–water partition coefficient (Wildman–Crippen LogP) is 4.69. The summed E-state index contributed by atoms with van der Waals surface area (Å²) in [6, 6.07) is 23.8. The van der Waals surface area contributed by atoms with Crippen LogP contribution in [0.15, 0.2) is 72.8 Å². The Morgan fingerprint density at radius 2 is 1.73 bits per heavy atom. The number of rotatable bonds is 6. The number of nitrogens with zero attached hydrogens (tertiary/aromatic N) is 3. The fourth-order valence-corrected chi connectivity index (χ4v) is 3.56. The highest BCUT2D eigenvalue weighted by molar-refractivity contribution is 6.06. The van der Waals surface area contributed by atoms with Gasteiger partial charge in [-0.15, -0.1) is 0 Å². The average molecular weight is 399 g/mol. The van der Waals surface area contributed by atoms with E-state index < -0.39 is 0 Å². The van der Waals surface area contributed by atoms with Crippen molar-refractivity contribution in [3.63, 3.8) is 0 Å². The van der Waals surface area contributed by atoms with Crippen LogP contribution in [-0.2, 0) is 6.42 Å². The summed E-state index contributed by atoms with van der Waals surface area (Å²) in [5.41, 5.74) is 5.49. The van der Waals surface area contributed by atoms with Crippen molar-refractivity contribution in [1.29, 1.82) is 0 Å². The van der Waals surface area contributed by atoms with Gasteiger partial charge in [-0.3, -0.25) is 9.36 Å². The summed E-state index contributed by atoms with van der Waals surface area (Å²) in [6.45, 7) is 2.98. The standard InChI is InChI=1S/C25H26N4O/c1-18-26-23-17-20(11-14-24(23)29(18)22-7-5-4-6-8-22)25(30)27-21-12-9-19(10-13-21)15-16-28(2)3/h4-14,17H,15-16H2,1-3H3,(H,27,30). The van der Waals surface area contributed by atoms with Crippen molar-refractivity contribution in [2.75, 3.05) is 26.0 Å². The van der Waals surface area contributed by atoms with Gasteiger partial charge in [0.15, 0.2) is 0 Å². The number of fused-ring (bicyclic) bond motifs is 1. The van der Waals surface area contributed by atoms with Crippen LogP contribution in [0.3, 0.4) is 0 Å². The minimum Gasteiger partial charge on any atom is -0.322 e. The summed E-state index contributed by atoms with van der Waals surface area (Å²) in [5, 5.41) is 2.98. The molecule has 4 aromatic rings. The fraction of sp³-hybridized carbons (Fsp3) is 0.200. The van der Waals surface area contributed by atoms with Crippen molar-refractivity contribution < 1.29 is 4.79 Å². The Morgan fingerprint density at radius 1 is 1.00 bits per heavy atom. The number of aryl methyl sites for hydroxylation is 1. The molecule has 0 saturated heterocycles. The number of hydrogen-bond donors (Lipinski definition) is 1. The van der Waals surface area contributed by atoms with Gasteiger partial charge in [0.25, 0.3) is 5.91 Å². The Hall–Kier alpha value is -3.44. The first kappa shape index (κ1) is 19.9. The Kier molecular flexibility index (Phi) is 5.63. The monoisotopic (exact) mass is 398 g/mol. The van der Waals surface area contributed by atoms with Crippen molar-refractivity contribution in [3.8, 4) is 5.69 Å². The van der Waals surface area contributed by atoms with E-state index >= 15 is 0 Å². The van der Waals surface area contributed by atoms with Gasteiger partial charge in [-0.1, -0.05) is 30.3 Å². The van der Waals surface area contributed by atoms with Crippen LogP contribution >= 0.6 is 0 Å². The van der Waals surface area contributed by atoms with Crippen LogP contribution in [0, 0.1) is 6.92 Å². The molecule has 0 radical (unpaired) electrons. The molecular weight excluding hydrogens is 372 g/mol. The average Bonchev–Trinajstić information content (AvgIpc) is 3.08. The molecule has 1 N–H and O–H groups in total. The maximum Gasteiger partial charge on any atom is 0.255 e. The highest BCUT2D eigenvalue weighted by Crippen LogP contribution is 2.23. The first-order chi connectivity index (χ1) is 14.5. The van der Waals surface area contributed by atoms with Crippen LogP contribution in [-0.4, -0.2) is 41.0 Å². The molecule has 0 saturated carbocycles. The maximum atomic E-state index is 12.8. The second-order valence-electron chi connectivity index (χ2n) is 7.74. The van der Waals surface area contributed by atoms with Gasteiger partial charge in [0.2, 0.25) is 0 Å². The number of hydrogen-bond acceptors (Lipinski definition) is 3. The zero-order chi connectivity index (χ0) is 21.1. The zero-order valence-electron chi connectivity index (χ0n) is 17.6. The molecule has 1 amide bonds. The van der Waals surface area contributed by atoms with E-state index in [1.165, 1.54) is 5.56 Å². The van der Waals surface area contributed by atoms with E-state index in [4.69, 9.17) is 0 Å². The quantitative estimate of drug-likeness (QED) is 0.513. The van der Waals surface area contributed by atoms with Gasteiger partial charge in [-0.2, -0.15) is 0 Å². The second kappa shape index (κ2) is 8.51. The number of para-hydroxylation sites is 1. The molecular formula is C25H26N4O. The molecule has 1 aromatic heterocycles. The third kappa shape index (κ3) is 4.26. The SMILES string of the molecule is Cc1nc2cc(C(=O)Nc3ccc(CCN(C)C)cc3)ccc2n1-c1ccccc1. The van der Waals surface area contributed by atoms with Crippen molar-refractivity contribution in [1.82, 2.24) is 14.5 Å². The van der Waals surface area contributed by atoms with Crippen molar-refractivity contribution >= 4 is 22.6 Å². The van der Waals surface area contributed by atoms with E-state index in [0.717, 1.165) is 41.2 Å². The van der Waals surface area contributed by atoms with Crippen LogP contribution in [0.1, 0.15) is 21.7 Å². The molecule has 0 fully saturated rings. The van der Waals surface area contributed by atoms with E-state index in [0.29, 0.717) is 5.56 Å². The zero-order valence-corrected chi connectivity index (χ0v) is 17.6. The van der Waals surface area contributed by atoms with Crippen LogP contribution in [0.5, 0.6) is 0 Å². The topological polar surface area (TPSA) is 50.2 Å². The van der Waals surface area contributed by atoms with Gasteiger partial charge in [-0.25, -0.2) is 4.98 Å². The molecule has 0 unspecified atom stereocenters. The molecule has 0 bridgehead atoms. The number of carbonyl (C=O) groups excluding carboxylic acids is 1. The summed E-state index contributed by atoms with van der Waals surface area (Å²) in [7, 11) is 4.13. The van der Waals surface area contributed by atoms with Crippen molar-refractivity contribution in [3.05, 3.63) is 89.7 Å². The highest BCUT2D eigenvalue weighted by atomic mass is 16.1. The molecule has 0 aliphatic rings. The van der Waals surface area contributed by atoms with Gasteiger partial charge in [0.1, 0.15) is 5.82 Å². The molecule has 30 heavy (non-hydrogen) atoms. The molecule has 5 nitrogen and oxygen atoms in total. The number of likely N-dealkylation sites (N-methyl/N-ethyl adjacent to an activating group) is 1. The molecule has 1 heterocycles. The highest BCUT2D eigenvalue weighted by Gasteiger charge is 2.13. The molecule has 152 valence electrons. The van der Waals surface area contributed by atoms with Crippen LogP contribution in [0.4, 0.5) is 5.69 Å². The number of anilines is 1. The smallest absolute Gasteiger partial charge is 0.255 e. The van der Waals surface area contributed by atoms with E-state index in [2.05, 4.69) is 58.1 Å². The first-order valence-electron chi connectivity index (χ1n) is 10.1. The fourth-order valence-electron chi connectivity index (χ4n) is 3.56. The molecule has 3 aromatic carbocycles. The lowest BCUT2D eigenvalue weighted by atomic mass is 10.1. The number of benzene rings is 3. The number of amides is 1. The molecule has 0 spiro atoms. The van der Waals surface area contributed by atoms with Crippen LogP contribution in [0.2, 0.25) is 0 Å². The third-order valence-electron chi connectivity index (χ3n) is 5.16. The van der Waals surface area contributed by atoms with E-state index in [9.17, 15) is 4.79 Å². The Bertz CT molecular complexity index is 1160. The molecule has 5 heteroatoms. The van der Waals surface area contributed by atoms with Gasteiger partial charge < -0.3 is 10.2 Å². The number of aromatic nitrogens is 2. The number of carbonyl (C=O) groups is 1. The van der Waals surface area contributed by atoms with E-state index in [1.54, 1.807) is 0 Å². The third-order valence-corrected chi connectivity index (χ3v) is 5.16. The molecule has 0 aliphatic carbocycles. The minimum absolute atomic E-state index is 0.134. The first-order valence-corrected chi connectivity index (χ1v) is 10.1. The predicted molar refractivity (Wildman–Crippen MR) is 122 cm³/mol. The Labute approximate surface area is 177 Å². The summed E-state index contributed by atoms with van der Waals surface area (Å²) in [6.07, 6.45) is 0.987. The van der Waals surface area contributed by atoms with Gasteiger partial charge >= 0.3 is 0 Å².